The van der Waals surface area contributed by atoms with Gasteiger partial charge in [0.2, 0.25) is 15.9 Å². The number of sulfonamides is 1. The third kappa shape index (κ3) is 4.08. The SMILES string of the molecule is NC(=NN(O)c1ccc(S(N)(=O)=O)cc1)C(F)(F)F. The first-order valence-electron chi connectivity index (χ1n) is 4.55. The van der Waals surface area contributed by atoms with Gasteiger partial charge < -0.3 is 5.73 Å². The summed E-state index contributed by atoms with van der Waals surface area (Å²) in [5.74, 6) is -1.76. The number of nitrogens with zero attached hydrogens (tertiary/aromatic N) is 2. The van der Waals surface area contributed by atoms with E-state index in [0.717, 1.165) is 24.3 Å². The van der Waals surface area contributed by atoms with E-state index in [4.69, 9.17) is 5.14 Å². The van der Waals surface area contributed by atoms with Crippen molar-refractivity contribution in [1.29, 1.82) is 0 Å². The second-order valence-electron chi connectivity index (χ2n) is 3.31. The molecule has 0 amide bonds. The van der Waals surface area contributed by atoms with Crippen molar-refractivity contribution in [3.63, 3.8) is 0 Å². The summed E-state index contributed by atoms with van der Waals surface area (Å²) in [6.45, 7) is 0. The molecule has 0 saturated carbocycles. The van der Waals surface area contributed by atoms with Crippen molar-refractivity contribution in [2.45, 2.75) is 11.1 Å². The van der Waals surface area contributed by atoms with E-state index in [0.29, 0.717) is 0 Å². The zero-order chi connectivity index (χ0) is 14.8. The molecule has 106 valence electrons. The van der Waals surface area contributed by atoms with Crippen LogP contribution < -0.4 is 16.0 Å². The normalized spacial score (nSPS) is 13.4. The molecule has 19 heavy (non-hydrogen) atoms. The fraction of sp³-hybridized carbons (Fsp3) is 0.125. The molecule has 1 aromatic rings. The maximum Gasteiger partial charge on any atom is 0.450 e. The maximum atomic E-state index is 12.1. The molecule has 11 heteroatoms. The molecule has 0 radical (unpaired) electrons. The standard InChI is InChI=1S/C8H9F3N4O3S/c9-8(10,11)7(12)14-15(16)5-1-3-6(4-2-5)19(13,17)18/h1-4,16H,(H2,12,14)(H2,13,17,18). The van der Waals surface area contributed by atoms with Gasteiger partial charge in [-0.15, -0.1) is 10.3 Å². The van der Waals surface area contributed by atoms with E-state index in [-0.39, 0.29) is 15.8 Å². The molecule has 7 nitrogen and oxygen atoms in total. The molecule has 0 atom stereocenters. The van der Waals surface area contributed by atoms with Crippen molar-refractivity contribution < 1.29 is 26.8 Å². The molecule has 5 N–H and O–H groups in total. The second kappa shape index (κ2) is 5.03. The number of amidine groups is 1. The average Bonchev–Trinajstić information content (AvgIpc) is 2.26. The minimum absolute atomic E-state index is 0.129. The van der Waals surface area contributed by atoms with Crippen LogP contribution in [0.4, 0.5) is 18.9 Å². The molecule has 0 unspecified atom stereocenters. The molecule has 0 heterocycles. The van der Waals surface area contributed by atoms with Gasteiger partial charge in [0.15, 0.2) is 0 Å². The van der Waals surface area contributed by atoms with Gasteiger partial charge in [0, 0.05) is 0 Å². The van der Waals surface area contributed by atoms with Gasteiger partial charge in [0.1, 0.15) is 0 Å². The number of nitrogens with two attached hydrogens (primary N) is 2. The van der Waals surface area contributed by atoms with E-state index in [1.165, 1.54) is 0 Å². The van der Waals surface area contributed by atoms with Crippen LogP contribution in [-0.4, -0.2) is 25.6 Å². The first-order valence-corrected chi connectivity index (χ1v) is 6.09. The smallest absolute Gasteiger partial charge is 0.378 e. The van der Waals surface area contributed by atoms with Crippen LogP contribution >= 0.6 is 0 Å². The Balaban J connectivity index is 3.00. The minimum atomic E-state index is -4.89. The molecule has 0 saturated heterocycles. The Bertz CT molecular complexity index is 582. The number of alkyl halides is 3. The van der Waals surface area contributed by atoms with Gasteiger partial charge in [0.05, 0.1) is 10.6 Å². The molecule has 0 aliphatic heterocycles. The van der Waals surface area contributed by atoms with E-state index in [1.54, 1.807) is 0 Å². The number of halogens is 3. The molecule has 0 bridgehead atoms. The predicted molar refractivity (Wildman–Crippen MR) is 59.8 cm³/mol. The number of hydrazone groups is 1. The van der Waals surface area contributed by atoms with E-state index >= 15 is 0 Å². The van der Waals surface area contributed by atoms with Crippen LogP contribution in [0.3, 0.4) is 0 Å². The number of hydrogen-bond acceptors (Lipinski definition) is 5. The predicted octanol–water partition coefficient (Wildman–Crippen LogP) is 0.364. The molecule has 0 spiro atoms. The fourth-order valence-corrected chi connectivity index (χ4v) is 1.50. The molecule has 0 aromatic heterocycles. The minimum Gasteiger partial charge on any atom is -0.378 e. The van der Waals surface area contributed by atoms with Crippen LogP contribution in [0.25, 0.3) is 0 Å². The van der Waals surface area contributed by atoms with Gasteiger partial charge in [-0.1, -0.05) is 0 Å². The van der Waals surface area contributed by atoms with Gasteiger partial charge in [0.25, 0.3) is 0 Å². The topological polar surface area (TPSA) is 122 Å². The Hall–Kier alpha value is -1.85. The lowest BCUT2D eigenvalue weighted by molar-refractivity contribution is -0.0606. The molecule has 1 aromatic carbocycles. The average molecular weight is 298 g/mol. The zero-order valence-corrected chi connectivity index (χ0v) is 9.98. The van der Waals surface area contributed by atoms with E-state index in [9.17, 15) is 26.8 Å². The number of benzene rings is 1. The Kier molecular flexibility index (Phi) is 4.03. The lowest BCUT2D eigenvalue weighted by Crippen LogP contribution is -2.34. The van der Waals surface area contributed by atoms with Crippen molar-refractivity contribution in [2.75, 3.05) is 5.17 Å². The number of anilines is 1. The maximum absolute atomic E-state index is 12.1. The summed E-state index contributed by atoms with van der Waals surface area (Å²) >= 11 is 0. The van der Waals surface area contributed by atoms with Crippen LogP contribution in [-0.2, 0) is 10.0 Å². The zero-order valence-electron chi connectivity index (χ0n) is 9.16. The lowest BCUT2D eigenvalue weighted by atomic mass is 10.3. The lowest BCUT2D eigenvalue weighted by Gasteiger charge is -2.13. The quantitative estimate of drug-likeness (QED) is 0.422. The summed E-state index contributed by atoms with van der Waals surface area (Å²) < 4.78 is 58.0. The van der Waals surface area contributed by atoms with Gasteiger partial charge in [-0.3, -0.25) is 5.21 Å². The summed E-state index contributed by atoms with van der Waals surface area (Å²) in [7, 11) is -3.93. The highest BCUT2D eigenvalue weighted by Gasteiger charge is 2.34. The van der Waals surface area contributed by atoms with Gasteiger partial charge in [-0.05, 0) is 24.3 Å². The van der Waals surface area contributed by atoms with E-state index in [1.807, 2.05) is 0 Å². The van der Waals surface area contributed by atoms with Crippen molar-refractivity contribution in [3.05, 3.63) is 24.3 Å². The number of primary sulfonamides is 1. The Morgan fingerprint density at radius 1 is 1.26 bits per heavy atom. The van der Waals surface area contributed by atoms with Gasteiger partial charge in [-0.2, -0.15) is 13.2 Å². The molecule has 0 aliphatic rings. The van der Waals surface area contributed by atoms with Crippen molar-refractivity contribution in [1.82, 2.24) is 0 Å². The van der Waals surface area contributed by atoms with Gasteiger partial charge >= 0.3 is 6.18 Å². The Labute approximate surface area is 105 Å². The highest BCUT2D eigenvalue weighted by molar-refractivity contribution is 7.89. The van der Waals surface area contributed by atoms with E-state index < -0.39 is 22.0 Å². The largest absolute Gasteiger partial charge is 0.450 e. The first kappa shape index (κ1) is 15.2. The van der Waals surface area contributed by atoms with Crippen molar-refractivity contribution in [3.8, 4) is 0 Å². The molecular formula is C8H9F3N4O3S. The number of hydrogen-bond donors (Lipinski definition) is 3. The third-order valence-corrected chi connectivity index (χ3v) is 2.82. The van der Waals surface area contributed by atoms with Crippen LogP contribution in [0.15, 0.2) is 34.3 Å². The second-order valence-corrected chi connectivity index (χ2v) is 4.87. The van der Waals surface area contributed by atoms with Crippen LogP contribution in [0.2, 0.25) is 0 Å². The fourth-order valence-electron chi connectivity index (χ4n) is 0.986. The Morgan fingerprint density at radius 3 is 2.11 bits per heavy atom. The summed E-state index contributed by atoms with van der Waals surface area (Å²) in [6.07, 6.45) is -4.89. The molecule has 1 rings (SSSR count). The van der Waals surface area contributed by atoms with Crippen molar-refractivity contribution >= 4 is 21.5 Å². The van der Waals surface area contributed by atoms with Crippen LogP contribution in [0.1, 0.15) is 0 Å². The molecule has 0 aliphatic carbocycles. The monoisotopic (exact) mass is 298 g/mol. The van der Waals surface area contributed by atoms with Crippen LogP contribution in [0, 0.1) is 0 Å². The molecule has 0 fully saturated rings. The van der Waals surface area contributed by atoms with Gasteiger partial charge in [-0.25, -0.2) is 13.6 Å². The van der Waals surface area contributed by atoms with Crippen molar-refractivity contribution in [2.24, 2.45) is 16.0 Å². The third-order valence-electron chi connectivity index (χ3n) is 1.89. The summed E-state index contributed by atoms with van der Waals surface area (Å²) in [5, 5.41) is 16.6. The highest BCUT2D eigenvalue weighted by Crippen LogP contribution is 2.19. The summed E-state index contributed by atoms with van der Waals surface area (Å²) in [5.41, 5.74) is 4.37. The molecular weight excluding hydrogens is 289 g/mol. The highest BCUT2D eigenvalue weighted by atomic mass is 32.2. The summed E-state index contributed by atoms with van der Waals surface area (Å²) in [4.78, 5) is -0.266. The summed E-state index contributed by atoms with van der Waals surface area (Å²) in [6, 6.07) is 4.00. The van der Waals surface area contributed by atoms with E-state index in [2.05, 4.69) is 10.8 Å². The van der Waals surface area contributed by atoms with Crippen LogP contribution in [0.5, 0.6) is 0 Å². The number of rotatable bonds is 3. The Morgan fingerprint density at radius 2 is 1.74 bits per heavy atom. The first-order chi connectivity index (χ1) is 8.51.